The molecule has 104 valence electrons. The van der Waals surface area contributed by atoms with Gasteiger partial charge in [0.05, 0.1) is 6.04 Å². The van der Waals surface area contributed by atoms with E-state index in [2.05, 4.69) is 54.0 Å². The molecule has 2 N–H and O–H groups in total. The van der Waals surface area contributed by atoms with Gasteiger partial charge in [0.25, 0.3) is 0 Å². The Morgan fingerprint density at radius 2 is 2.10 bits per heavy atom. The molecule has 2 unspecified atom stereocenters. The zero-order chi connectivity index (χ0) is 14.3. The fraction of sp³-hybridized carbons (Fsp3) is 0.294. The van der Waals surface area contributed by atoms with Gasteiger partial charge in [-0.2, -0.15) is 0 Å². The molecule has 0 aromatic heterocycles. The van der Waals surface area contributed by atoms with Gasteiger partial charge in [-0.1, -0.05) is 46.3 Å². The Bertz CT molecular complexity index is 653. The Morgan fingerprint density at radius 1 is 1.30 bits per heavy atom. The van der Waals surface area contributed by atoms with Crippen LogP contribution in [-0.2, 0) is 6.42 Å². The topological polar surface area (TPSA) is 35.2 Å². The Balaban J connectivity index is 1.97. The van der Waals surface area contributed by atoms with Gasteiger partial charge in [-0.05, 0) is 42.2 Å². The van der Waals surface area contributed by atoms with Crippen molar-refractivity contribution in [3.63, 3.8) is 0 Å². The second kappa shape index (κ2) is 5.23. The zero-order valence-corrected chi connectivity index (χ0v) is 13.3. The first-order valence-electron chi connectivity index (χ1n) is 6.86. The normalized spacial score (nSPS) is 18.5. The van der Waals surface area contributed by atoms with Crippen LogP contribution in [0.1, 0.15) is 35.2 Å². The minimum atomic E-state index is -0.120. The van der Waals surface area contributed by atoms with Gasteiger partial charge in [-0.25, -0.2) is 0 Å². The first kappa shape index (κ1) is 13.7. The number of halogens is 1. The molecule has 1 aliphatic heterocycles. The third kappa shape index (κ3) is 2.36. The van der Waals surface area contributed by atoms with Gasteiger partial charge in [-0.3, -0.25) is 0 Å². The molecular formula is C17H18BrNO. The smallest absolute Gasteiger partial charge is 0.123 e. The minimum Gasteiger partial charge on any atom is -0.490 e. The fourth-order valence-corrected chi connectivity index (χ4v) is 3.24. The summed E-state index contributed by atoms with van der Waals surface area (Å²) >= 11 is 3.65. The third-order valence-corrected chi connectivity index (χ3v) is 4.92. The lowest BCUT2D eigenvalue weighted by molar-refractivity contribution is 0.254. The molecule has 0 saturated heterocycles. The SMILES string of the molecule is Cc1cccc(C(N)c2ccc3c(c2)CC(C)O3)c1Br. The largest absolute Gasteiger partial charge is 0.490 e. The Labute approximate surface area is 128 Å². The molecule has 2 atom stereocenters. The number of hydrogen-bond donors (Lipinski definition) is 1. The molecule has 1 aliphatic rings. The number of hydrogen-bond acceptors (Lipinski definition) is 2. The first-order valence-corrected chi connectivity index (χ1v) is 7.65. The molecule has 0 spiro atoms. The highest BCUT2D eigenvalue weighted by molar-refractivity contribution is 9.10. The molecule has 2 aromatic rings. The summed E-state index contributed by atoms with van der Waals surface area (Å²) in [7, 11) is 0. The average molecular weight is 332 g/mol. The Morgan fingerprint density at radius 3 is 2.90 bits per heavy atom. The highest BCUT2D eigenvalue weighted by Crippen LogP contribution is 2.34. The second-order valence-corrected chi connectivity index (χ2v) is 6.25. The molecular weight excluding hydrogens is 314 g/mol. The van der Waals surface area contributed by atoms with Crippen molar-refractivity contribution < 1.29 is 4.74 Å². The van der Waals surface area contributed by atoms with Crippen molar-refractivity contribution in [2.24, 2.45) is 5.73 Å². The molecule has 1 heterocycles. The van der Waals surface area contributed by atoms with E-state index in [0.717, 1.165) is 27.8 Å². The van der Waals surface area contributed by atoms with E-state index in [0.29, 0.717) is 0 Å². The van der Waals surface area contributed by atoms with Crippen LogP contribution in [0, 0.1) is 6.92 Å². The standard InChI is InChI=1S/C17H18BrNO/c1-10-4-3-5-14(16(10)18)17(19)12-6-7-15-13(9-12)8-11(2)20-15/h3-7,9,11,17H,8,19H2,1-2H3. The number of nitrogens with two attached hydrogens (primary N) is 1. The molecule has 0 radical (unpaired) electrons. The molecule has 0 bridgehead atoms. The van der Waals surface area contributed by atoms with Gasteiger partial charge in [0.15, 0.2) is 0 Å². The second-order valence-electron chi connectivity index (χ2n) is 5.46. The van der Waals surface area contributed by atoms with Crippen molar-refractivity contribution in [1.82, 2.24) is 0 Å². The molecule has 2 aromatic carbocycles. The van der Waals surface area contributed by atoms with E-state index >= 15 is 0 Å². The summed E-state index contributed by atoms with van der Waals surface area (Å²) in [5, 5.41) is 0. The maximum atomic E-state index is 6.44. The van der Waals surface area contributed by atoms with Gasteiger partial charge in [0.2, 0.25) is 0 Å². The lowest BCUT2D eigenvalue weighted by atomic mass is 9.96. The van der Waals surface area contributed by atoms with E-state index in [4.69, 9.17) is 10.5 Å². The van der Waals surface area contributed by atoms with Crippen LogP contribution in [0.25, 0.3) is 0 Å². The molecule has 0 aliphatic carbocycles. The van der Waals surface area contributed by atoms with Crippen LogP contribution in [-0.4, -0.2) is 6.10 Å². The maximum absolute atomic E-state index is 6.44. The number of fused-ring (bicyclic) bond motifs is 1. The third-order valence-electron chi connectivity index (χ3n) is 3.84. The lowest BCUT2D eigenvalue weighted by Gasteiger charge is -2.16. The zero-order valence-electron chi connectivity index (χ0n) is 11.7. The summed E-state index contributed by atoms with van der Waals surface area (Å²) in [5.74, 6) is 0.997. The van der Waals surface area contributed by atoms with Crippen molar-refractivity contribution in [2.45, 2.75) is 32.4 Å². The van der Waals surface area contributed by atoms with Gasteiger partial charge in [-0.15, -0.1) is 0 Å². The van der Waals surface area contributed by atoms with Crippen LogP contribution in [0.3, 0.4) is 0 Å². The van der Waals surface area contributed by atoms with Crippen molar-refractivity contribution in [2.75, 3.05) is 0 Å². The summed E-state index contributed by atoms with van der Waals surface area (Å²) in [6.07, 6.45) is 1.23. The van der Waals surface area contributed by atoms with Crippen molar-refractivity contribution in [3.8, 4) is 5.75 Å². The number of rotatable bonds is 2. The molecule has 0 saturated carbocycles. The summed E-state index contributed by atoms with van der Waals surface area (Å²) in [6.45, 7) is 4.18. The number of ether oxygens (including phenoxy) is 1. The maximum Gasteiger partial charge on any atom is 0.123 e. The Hall–Kier alpha value is -1.32. The lowest BCUT2D eigenvalue weighted by Crippen LogP contribution is -2.13. The van der Waals surface area contributed by atoms with E-state index in [1.165, 1.54) is 11.1 Å². The van der Waals surface area contributed by atoms with Gasteiger partial charge in [0, 0.05) is 10.9 Å². The van der Waals surface area contributed by atoms with Gasteiger partial charge >= 0.3 is 0 Å². The van der Waals surface area contributed by atoms with Crippen LogP contribution in [0.4, 0.5) is 0 Å². The van der Waals surface area contributed by atoms with Crippen molar-refractivity contribution in [1.29, 1.82) is 0 Å². The van der Waals surface area contributed by atoms with Gasteiger partial charge < -0.3 is 10.5 Å². The molecule has 0 fully saturated rings. The molecule has 20 heavy (non-hydrogen) atoms. The van der Waals surface area contributed by atoms with E-state index < -0.39 is 0 Å². The minimum absolute atomic E-state index is 0.120. The fourth-order valence-electron chi connectivity index (χ4n) is 2.73. The number of benzene rings is 2. The van der Waals surface area contributed by atoms with E-state index in [1.54, 1.807) is 0 Å². The predicted octanol–water partition coefficient (Wildman–Crippen LogP) is 4.13. The Kier molecular flexibility index (Phi) is 3.57. The first-order chi connectivity index (χ1) is 9.56. The molecule has 3 heteroatoms. The highest BCUT2D eigenvalue weighted by Gasteiger charge is 2.21. The van der Waals surface area contributed by atoms with Crippen LogP contribution >= 0.6 is 15.9 Å². The van der Waals surface area contributed by atoms with Crippen LogP contribution in [0.2, 0.25) is 0 Å². The number of aryl methyl sites for hydroxylation is 1. The van der Waals surface area contributed by atoms with E-state index in [-0.39, 0.29) is 12.1 Å². The van der Waals surface area contributed by atoms with E-state index in [9.17, 15) is 0 Å². The monoisotopic (exact) mass is 331 g/mol. The summed E-state index contributed by atoms with van der Waals surface area (Å²) in [5.41, 5.74) is 11.2. The van der Waals surface area contributed by atoms with Gasteiger partial charge in [0.1, 0.15) is 11.9 Å². The summed E-state index contributed by atoms with van der Waals surface area (Å²) < 4.78 is 6.83. The van der Waals surface area contributed by atoms with Crippen molar-refractivity contribution in [3.05, 3.63) is 63.1 Å². The highest BCUT2D eigenvalue weighted by atomic mass is 79.9. The summed E-state index contributed by atoms with van der Waals surface area (Å²) in [4.78, 5) is 0. The molecule has 0 amide bonds. The van der Waals surface area contributed by atoms with Crippen LogP contribution < -0.4 is 10.5 Å². The summed E-state index contributed by atoms with van der Waals surface area (Å²) in [6, 6.07) is 12.4. The van der Waals surface area contributed by atoms with Crippen molar-refractivity contribution >= 4 is 15.9 Å². The van der Waals surface area contributed by atoms with Crippen LogP contribution in [0.5, 0.6) is 5.75 Å². The van der Waals surface area contributed by atoms with Crippen LogP contribution in [0.15, 0.2) is 40.9 Å². The molecule has 3 rings (SSSR count). The quantitative estimate of drug-likeness (QED) is 0.897. The van der Waals surface area contributed by atoms with E-state index in [1.807, 2.05) is 12.1 Å². The predicted molar refractivity (Wildman–Crippen MR) is 85.1 cm³/mol. The average Bonchev–Trinajstić information content (AvgIpc) is 2.80. The molecule has 2 nitrogen and oxygen atoms in total.